The molecule has 0 spiro atoms. The zero-order valence-corrected chi connectivity index (χ0v) is 11.5. The molecule has 0 saturated carbocycles. The lowest BCUT2D eigenvalue weighted by atomic mass is 10.1. The van der Waals surface area contributed by atoms with Gasteiger partial charge in [0.25, 0.3) is 0 Å². The van der Waals surface area contributed by atoms with Gasteiger partial charge in [0.1, 0.15) is 5.82 Å². The molecule has 1 aromatic heterocycles. The van der Waals surface area contributed by atoms with Crippen LogP contribution in [0.4, 0.5) is 0 Å². The van der Waals surface area contributed by atoms with Gasteiger partial charge in [-0.1, -0.05) is 6.07 Å². The Labute approximate surface area is 107 Å². The van der Waals surface area contributed by atoms with E-state index in [1.165, 1.54) is 11.1 Å². The molecular weight excluding hydrogens is 234 g/mol. The number of aromatic nitrogens is 2. The van der Waals surface area contributed by atoms with Crippen LogP contribution in [0.25, 0.3) is 11.0 Å². The molecule has 3 nitrogen and oxygen atoms in total. The molecule has 1 aromatic carbocycles. The first-order valence-electron chi connectivity index (χ1n) is 5.70. The Hall–Kier alpha value is -1.06. The van der Waals surface area contributed by atoms with Crippen molar-refractivity contribution < 1.29 is 0 Å². The number of fused-ring (bicyclic) bond motifs is 1. The fourth-order valence-corrected chi connectivity index (χ4v) is 2.52. The van der Waals surface area contributed by atoms with E-state index in [0.717, 1.165) is 11.3 Å². The molecule has 1 atom stereocenters. The van der Waals surface area contributed by atoms with E-state index >= 15 is 0 Å². The van der Waals surface area contributed by atoms with E-state index in [-0.39, 0.29) is 6.04 Å². The van der Waals surface area contributed by atoms with Crippen LogP contribution >= 0.6 is 11.6 Å². The first-order valence-corrected chi connectivity index (χ1v) is 6.23. The number of halogens is 1. The number of benzene rings is 1. The van der Waals surface area contributed by atoms with Crippen LogP contribution in [0.3, 0.4) is 0 Å². The van der Waals surface area contributed by atoms with Crippen LogP contribution in [0.2, 0.25) is 0 Å². The van der Waals surface area contributed by atoms with Gasteiger partial charge in [0.2, 0.25) is 0 Å². The molecule has 1 heterocycles. The summed E-state index contributed by atoms with van der Waals surface area (Å²) in [6.45, 7) is 2.02. The monoisotopic (exact) mass is 251 g/mol. The van der Waals surface area contributed by atoms with Gasteiger partial charge >= 0.3 is 0 Å². The molecule has 0 aliphatic rings. The maximum atomic E-state index is 6.02. The zero-order chi connectivity index (χ0) is 12.6. The molecule has 0 aliphatic heterocycles. The van der Waals surface area contributed by atoms with Crippen molar-refractivity contribution >= 4 is 22.6 Å². The lowest BCUT2D eigenvalue weighted by Gasteiger charge is -2.22. The molecule has 4 heteroatoms. The highest BCUT2D eigenvalue weighted by Crippen LogP contribution is 2.24. The predicted molar refractivity (Wildman–Crippen MR) is 72.6 cm³/mol. The van der Waals surface area contributed by atoms with E-state index in [4.69, 9.17) is 11.6 Å². The topological polar surface area (TPSA) is 21.1 Å². The van der Waals surface area contributed by atoms with Crippen LogP contribution < -0.4 is 0 Å². The van der Waals surface area contributed by atoms with Crippen molar-refractivity contribution in [2.75, 3.05) is 20.0 Å². The van der Waals surface area contributed by atoms with Crippen LogP contribution in [0.1, 0.15) is 17.4 Å². The molecule has 92 valence electrons. The fraction of sp³-hybridized carbons (Fsp3) is 0.462. The molecule has 17 heavy (non-hydrogen) atoms. The van der Waals surface area contributed by atoms with Gasteiger partial charge in [0.05, 0.1) is 11.0 Å². The molecule has 0 bridgehead atoms. The maximum absolute atomic E-state index is 6.02. The van der Waals surface area contributed by atoms with E-state index in [9.17, 15) is 0 Å². The van der Waals surface area contributed by atoms with Gasteiger partial charge in [-0.25, -0.2) is 4.98 Å². The quantitative estimate of drug-likeness (QED) is 0.783. The average molecular weight is 252 g/mol. The first-order chi connectivity index (χ1) is 8.04. The standard InChI is InChI=1S/C13H18ClN3/c1-9-15-11-7-10(13(8-14)16(2)3)5-6-12(11)17(9)4/h5-7,13H,8H2,1-4H3. The SMILES string of the molecule is Cc1nc2cc(C(CCl)N(C)C)ccc2n1C. The Morgan fingerprint density at radius 1 is 1.41 bits per heavy atom. The Morgan fingerprint density at radius 2 is 2.12 bits per heavy atom. The Bertz CT molecular complexity index is 531. The van der Waals surface area contributed by atoms with Gasteiger partial charge < -0.3 is 9.47 Å². The van der Waals surface area contributed by atoms with Gasteiger partial charge in [0.15, 0.2) is 0 Å². The van der Waals surface area contributed by atoms with E-state index in [0.29, 0.717) is 5.88 Å². The number of nitrogens with zero attached hydrogens (tertiary/aromatic N) is 3. The third kappa shape index (κ3) is 2.17. The number of hydrogen-bond acceptors (Lipinski definition) is 2. The number of rotatable bonds is 3. The van der Waals surface area contributed by atoms with Crippen LogP contribution in [0.15, 0.2) is 18.2 Å². The van der Waals surface area contributed by atoms with Crippen LogP contribution in [-0.2, 0) is 7.05 Å². The molecule has 1 unspecified atom stereocenters. The second-order valence-corrected chi connectivity index (χ2v) is 4.91. The summed E-state index contributed by atoms with van der Waals surface area (Å²) in [7, 11) is 6.12. The van der Waals surface area contributed by atoms with Crippen molar-refractivity contribution in [1.29, 1.82) is 0 Å². The second kappa shape index (κ2) is 4.67. The lowest BCUT2D eigenvalue weighted by molar-refractivity contribution is 0.325. The third-order valence-electron chi connectivity index (χ3n) is 3.28. The molecular formula is C13H18ClN3. The van der Waals surface area contributed by atoms with E-state index in [2.05, 4.69) is 32.7 Å². The summed E-state index contributed by atoms with van der Waals surface area (Å²) in [6.07, 6.45) is 0. The summed E-state index contributed by atoms with van der Waals surface area (Å²) < 4.78 is 2.10. The van der Waals surface area contributed by atoms with Crippen molar-refractivity contribution in [1.82, 2.24) is 14.5 Å². The summed E-state index contributed by atoms with van der Waals surface area (Å²) in [6, 6.07) is 6.63. The predicted octanol–water partition coefficient (Wildman–Crippen LogP) is 2.72. The lowest BCUT2D eigenvalue weighted by Crippen LogP contribution is -2.21. The van der Waals surface area contributed by atoms with E-state index in [1.807, 2.05) is 28.1 Å². The Balaban J connectivity index is 2.51. The Morgan fingerprint density at radius 3 is 2.71 bits per heavy atom. The molecule has 2 aromatic rings. The van der Waals surface area contributed by atoms with Gasteiger partial charge in [-0.3, -0.25) is 0 Å². The number of imidazole rings is 1. The van der Waals surface area contributed by atoms with E-state index < -0.39 is 0 Å². The minimum absolute atomic E-state index is 0.239. The largest absolute Gasteiger partial charge is 0.331 e. The molecule has 0 radical (unpaired) electrons. The van der Waals surface area contributed by atoms with Gasteiger partial charge in [0, 0.05) is 19.0 Å². The maximum Gasteiger partial charge on any atom is 0.106 e. The van der Waals surface area contributed by atoms with Crippen LogP contribution in [0, 0.1) is 6.92 Å². The highest BCUT2D eigenvalue weighted by atomic mass is 35.5. The molecule has 0 fully saturated rings. The van der Waals surface area contributed by atoms with Gasteiger partial charge in [-0.05, 0) is 38.7 Å². The highest BCUT2D eigenvalue weighted by molar-refractivity contribution is 6.18. The summed E-state index contributed by atoms with van der Waals surface area (Å²) in [5.41, 5.74) is 3.42. The molecule has 0 aliphatic carbocycles. The van der Waals surface area contributed by atoms with Gasteiger partial charge in [-0.15, -0.1) is 11.6 Å². The van der Waals surface area contributed by atoms with Crippen molar-refractivity contribution in [2.24, 2.45) is 7.05 Å². The number of aryl methyl sites for hydroxylation is 2. The molecule has 0 saturated heterocycles. The van der Waals surface area contributed by atoms with Crippen molar-refractivity contribution in [3.05, 3.63) is 29.6 Å². The second-order valence-electron chi connectivity index (χ2n) is 4.60. The van der Waals surface area contributed by atoms with Gasteiger partial charge in [-0.2, -0.15) is 0 Å². The average Bonchev–Trinajstić information content (AvgIpc) is 2.55. The fourth-order valence-electron chi connectivity index (χ4n) is 2.07. The number of alkyl halides is 1. The minimum atomic E-state index is 0.239. The number of hydrogen-bond donors (Lipinski definition) is 0. The zero-order valence-electron chi connectivity index (χ0n) is 10.7. The van der Waals surface area contributed by atoms with Crippen LogP contribution in [-0.4, -0.2) is 34.4 Å². The first kappa shape index (κ1) is 12.4. The summed E-state index contributed by atoms with van der Waals surface area (Å²) >= 11 is 6.02. The smallest absolute Gasteiger partial charge is 0.106 e. The summed E-state index contributed by atoms with van der Waals surface area (Å²) in [4.78, 5) is 6.68. The normalized spacial score (nSPS) is 13.5. The third-order valence-corrected chi connectivity index (χ3v) is 3.58. The van der Waals surface area contributed by atoms with E-state index in [1.54, 1.807) is 0 Å². The molecule has 0 amide bonds. The van der Waals surface area contributed by atoms with Crippen molar-refractivity contribution in [2.45, 2.75) is 13.0 Å². The van der Waals surface area contributed by atoms with Crippen LogP contribution in [0.5, 0.6) is 0 Å². The Kier molecular flexibility index (Phi) is 3.40. The molecule has 2 rings (SSSR count). The molecule has 0 N–H and O–H groups in total. The highest BCUT2D eigenvalue weighted by Gasteiger charge is 2.14. The summed E-state index contributed by atoms with van der Waals surface area (Å²) in [5.74, 6) is 1.62. The van der Waals surface area contributed by atoms with Crippen molar-refractivity contribution in [3.8, 4) is 0 Å². The minimum Gasteiger partial charge on any atom is -0.331 e. The van der Waals surface area contributed by atoms with Crippen molar-refractivity contribution in [3.63, 3.8) is 0 Å². The summed E-state index contributed by atoms with van der Waals surface area (Å²) in [5, 5.41) is 0.